The molecular formula is C16H29NO. The van der Waals surface area contributed by atoms with Crippen LogP contribution in [0.3, 0.4) is 0 Å². The number of allylic oxidation sites excluding steroid dienone is 1. The van der Waals surface area contributed by atoms with E-state index in [4.69, 9.17) is 4.74 Å². The fraction of sp³-hybridized carbons (Fsp3) is 0.875. The van der Waals surface area contributed by atoms with E-state index in [1.165, 1.54) is 50.8 Å². The summed E-state index contributed by atoms with van der Waals surface area (Å²) in [5.74, 6) is 0.856. The molecule has 0 unspecified atom stereocenters. The van der Waals surface area contributed by atoms with Gasteiger partial charge >= 0.3 is 0 Å². The van der Waals surface area contributed by atoms with Gasteiger partial charge in [0.2, 0.25) is 0 Å². The molecule has 2 nitrogen and oxygen atoms in total. The molecule has 0 spiro atoms. The molecule has 1 fully saturated rings. The summed E-state index contributed by atoms with van der Waals surface area (Å²) >= 11 is 0. The van der Waals surface area contributed by atoms with Gasteiger partial charge in [0.05, 0.1) is 12.2 Å². The van der Waals surface area contributed by atoms with Crippen LogP contribution < -0.4 is 0 Å². The van der Waals surface area contributed by atoms with Gasteiger partial charge in [-0.1, -0.05) is 13.0 Å². The average molecular weight is 251 g/mol. The highest BCUT2D eigenvalue weighted by molar-refractivity contribution is 5.17. The van der Waals surface area contributed by atoms with Crippen molar-refractivity contribution in [2.75, 3.05) is 26.2 Å². The summed E-state index contributed by atoms with van der Waals surface area (Å²) in [6, 6.07) is 0. The van der Waals surface area contributed by atoms with E-state index in [1.807, 2.05) is 0 Å². The van der Waals surface area contributed by atoms with E-state index >= 15 is 0 Å². The number of nitrogens with zero attached hydrogens (tertiary/aromatic N) is 1. The Morgan fingerprint density at radius 2 is 2.06 bits per heavy atom. The van der Waals surface area contributed by atoms with Crippen LogP contribution >= 0.6 is 0 Å². The lowest BCUT2D eigenvalue weighted by molar-refractivity contribution is -0.00194. The van der Waals surface area contributed by atoms with Crippen LogP contribution in [0.1, 0.15) is 52.9 Å². The third kappa shape index (κ3) is 3.83. The van der Waals surface area contributed by atoms with Gasteiger partial charge in [-0.2, -0.15) is 0 Å². The minimum Gasteiger partial charge on any atom is -0.370 e. The molecule has 1 aliphatic carbocycles. The van der Waals surface area contributed by atoms with Gasteiger partial charge in [-0.05, 0) is 70.5 Å². The average Bonchev–Trinajstić information content (AvgIpc) is 2.82. The van der Waals surface area contributed by atoms with Gasteiger partial charge < -0.3 is 9.64 Å². The Labute approximate surface area is 112 Å². The molecule has 0 bridgehead atoms. The zero-order chi connectivity index (χ0) is 13.0. The van der Waals surface area contributed by atoms with E-state index in [1.54, 1.807) is 0 Å². The third-order valence-corrected chi connectivity index (χ3v) is 4.52. The van der Waals surface area contributed by atoms with Crippen LogP contribution in [0, 0.1) is 5.92 Å². The van der Waals surface area contributed by atoms with Crippen LogP contribution in [0.25, 0.3) is 0 Å². The van der Waals surface area contributed by atoms with Crippen molar-refractivity contribution in [3.8, 4) is 0 Å². The maximum Gasteiger partial charge on any atom is 0.0836 e. The second-order valence-electron chi connectivity index (χ2n) is 6.52. The number of rotatable bonds is 5. The van der Waals surface area contributed by atoms with E-state index in [-0.39, 0.29) is 5.60 Å². The monoisotopic (exact) mass is 251 g/mol. The first kappa shape index (κ1) is 14.1. The van der Waals surface area contributed by atoms with Crippen LogP contribution in [0.4, 0.5) is 0 Å². The summed E-state index contributed by atoms with van der Waals surface area (Å²) in [5.41, 5.74) is 1.46. The van der Waals surface area contributed by atoms with Gasteiger partial charge in [-0.25, -0.2) is 0 Å². The molecule has 18 heavy (non-hydrogen) atoms. The molecule has 2 heteroatoms. The summed E-state index contributed by atoms with van der Waals surface area (Å²) in [6.45, 7) is 11.3. The van der Waals surface area contributed by atoms with Gasteiger partial charge in [-0.3, -0.25) is 0 Å². The first-order chi connectivity index (χ1) is 8.58. The van der Waals surface area contributed by atoms with Gasteiger partial charge in [0.15, 0.2) is 0 Å². The molecule has 0 amide bonds. The van der Waals surface area contributed by atoms with Crippen molar-refractivity contribution in [2.24, 2.45) is 5.92 Å². The number of ether oxygens (including phenoxy) is 1. The quantitative estimate of drug-likeness (QED) is 0.692. The molecule has 0 aromatic heterocycles. The molecule has 0 N–H and O–H groups in total. The zero-order valence-corrected chi connectivity index (χ0v) is 12.4. The van der Waals surface area contributed by atoms with Crippen LogP contribution in [0.15, 0.2) is 11.6 Å². The molecule has 0 radical (unpaired) electrons. The SMILES string of the molecule is C[C@H]1CC=C(C(C)(C)OCCN2CCCC2)CC1. The van der Waals surface area contributed by atoms with Crippen molar-refractivity contribution in [3.63, 3.8) is 0 Å². The lowest BCUT2D eigenvalue weighted by Gasteiger charge is -2.32. The molecule has 0 aromatic rings. The van der Waals surface area contributed by atoms with Gasteiger partial charge in [-0.15, -0.1) is 0 Å². The predicted octanol–water partition coefficient (Wildman–Crippen LogP) is 3.62. The zero-order valence-electron chi connectivity index (χ0n) is 12.4. The van der Waals surface area contributed by atoms with Crippen molar-refractivity contribution in [2.45, 2.75) is 58.5 Å². The van der Waals surface area contributed by atoms with E-state index < -0.39 is 0 Å². The van der Waals surface area contributed by atoms with Crippen LogP contribution in [0.5, 0.6) is 0 Å². The number of hydrogen-bond acceptors (Lipinski definition) is 2. The molecule has 104 valence electrons. The van der Waals surface area contributed by atoms with Crippen LogP contribution in [0.2, 0.25) is 0 Å². The van der Waals surface area contributed by atoms with Crippen LogP contribution in [-0.4, -0.2) is 36.7 Å². The minimum absolute atomic E-state index is 0.0557. The second kappa shape index (κ2) is 6.21. The molecular weight excluding hydrogens is 222 g/mol. The van der Waals surface area contributed by atoms with Crippen molar-refractivity contribution in [1.29, 1.82) is 0 Å². The lowest BCUT2D eigenvalue weighted by atomic mass is 9.84. The second-order valence-corrected chi connectivity index (χ2v) is 6.52. The molecule has 0 aromatic carbocycles. The summed E-state index contributed by atoms with van der Waals surface area (Å²) in [6.07, 6.45) is 8.93. The molecule has 1 aliphatic heterocycles. The molecule has 2 rings (SSSR count). The Kier molecular flexibility index (Phi) is 4.85. The highest BCUT2D eigenvalue weighted by Crippen LogP contribution is 2.32. The van der Waals surface area contributed by atoms with Gasteiger partial charge in [0, 0.05) is 6.54 Å². The topological polar surface area (TPSA) is 12.5 Å². The highest BCUT2D eigenvalue weighted by atomic mass is 16.5. The summed E-state index contributed by atoms with van der Waals surface area (Å²) in [7, 11) is 0. The van der Waals surface area contributed by atoms with Crippen molar-refractivity contribution < 1.29 is 4.74 Å². The highest BCUT2D eigenvalue weighted by Gasteiger charge is 2.26. The van der Waals surface area contributed by atoms with E-state index in [2.05, 4.69) is 31.7 Å². The Morgan fingerprint density at radius 1 is 1.33 bits per heavy atom. The Balaban J connectivity index is 1.75. The lowest BCUT2D eigenvalue weighted by Crippen LogP contribution is -2.33. The summed E-state index contributed by atoms with van der Waals surface area (Å²) in [4.78, 5) is 2.52. The normalized spacial score (nSPS) is 26.4. The fourth-order valence-corrected chi connectivity index (χ4v) is 3.04. The Morgan fingerprint density at radius 3 is 2.67 bits per heavy atom. The van der Waals surface area contributed by atoms with Crippen molar-refractivity contribution >= 4 is 0 Å². The number of hydrogen-bond donors (Lipinski definition) is 0. The smallest absolute Gasteiger partial charge is 0.0836 e. The van der Waals surface area contributed by atoms with E-state index in [9.17, 15) is 0 Å². The van der Waals surface area contributed by atoms with Crippen molar-refractivity contribution in [3.05, 3.63) is 11.6 Å². The summed E-state index contributed by atoms with van der Waals surface area (Å²) in [5, 5.41) is 0. The first-order valence-corrected chi connectivity index (χ1v) is 7.64. The van der Waals surface area contributed by atoms with E-state index in [0.717, 1.165) is 19.1 Å². The fourth-order valence-electron chi connectivity index (χ4n) is 3.04. The van der Waals surface area contributed by atoms with Crippen LogP contribution in [-0.2, 0) is 4.74 Å². The molecule has 1 heterocycles. The van der Waals surface area contributed by atoms with E-state index in [0.29, 0.717) is 0 Å². The first-order valence-electron chi connectivity index (χ1n) is 7.64. The Hall–Kier alpha value is -0.340. The largest absolute Gasteiger partial charge is 0.370 e. The summed E-state index contributed by atoms with van der Waals surface area (Å²) < 4.78 is 6.16. The third-order valence-electron chi connectivity index (χ3n) is 4.52. The molecule has 2 aliphatic rings. The number of likely N-dealkylation sites (tertiary alicyclic amines) is 1. The molecule has 0 saturated carbocycles. The predicted molar refractivity (Wildman–Crippen MR) is 76.8 cm³/mol. The van der Waals surface area contributed by atoms with Gasteiger partial charge in [0.1, 0.15) is 0 Å². The maximum absolute atomic E-state index is 6.16. The van der Waals surface area contributed by atoms with Crippen molar-refractivity contribution in [1.82, 2.24) is 4.90 Å². The molecule has 1 atom stereocenters. The van der Waals surface area contributed by atoms with Gasteiger partial charge in [0.25, 0.3) is 0 Å². The maximum atomic E-state index is 6.16. The molecule has 1 saturated heterocycles. The Bertz CT molecular complexity index is 289. The standard InChI is InChI=1S/C16H29NO/c1-14-6-8-15(9-7-14)16(2,3)18-13-12-17-10-4-5-11-17/h8,14H,4-7,9-13H2,1-3H3/t14-/m0/s1. The minimum atomic E-state index is -0.0557.